The van der Waals surface area contributed by atoms with Crippen molar-refractivity contribution >= 4 is 5.91 Å². The summed E-state index contributed by atoms with van der Waals surface area (Å²) in [5, 5.41) is 54.6. The first-order valence-electron chi connectivity index (χ1n) is 32.5. The summed E-state index contributed by atoms with van der Waals surface area (Å²) < 4.78 is 11.3. The van der Waals surface area contributed by atoms with Gasteiger partial charge in [0, 0.05) is 6.42 Å². The second kappa shape index (κ2) is 57.3. The van der Waals surface area contributed by atoms with E-state index >= 15 is 0 Å². The van der Waals surface area contributed by atoms with E-state index in [1.807, 2.05) is 6.08 Å². The molecule has 9 heteroatoms. The molecule has 1 rings (SSSR count). The molecule has 0 radical (unpaired) electrons. The van der Waals surface area contributed by atoms with Gasteiger partial charge in [-0.3, -0.25) is 4.79 Å². The fourth-order valence-corrected chi connectivity index (χ4v) is 9.81. The predicted molar refractivity (Wildman–Crippen MR) is 331 cm³/mol. The van der Waals surface area contributed by atoms with Crippen molar-refractivity contribution in [3.63, 3.8) is 0 Å². The lowest BCUT2D eigenvalue weighted by molar-refractivity contribution is -0.302. The Labute approximate surface area is 479 Å². The molecule has 1 heterocycles. The molecule has 0 aromatic carbocycles. The maximum absolute atomic E-state index is 13.1. The molecule has 1 aliphatic heterocycles. The number of carbonyl (C=O) groups excluding carboxylic acids is 1. The van der Waals surface area contributed by atoms with E-state index in [4.69, 9.17) is 9.47 Å². The molecule has 0 aliphatic carbocycles. The lowest BCUT2D eigenvalue weighted by atomic mass is 9.99. The summed E-state index contributed by atoms with van der Waals surface area (Å²) in [7, 11) is 0. The van der Waals surface area contributed by atoms with Crippen LogP contribution in [-0.2, 0) is 14.3 Å². The van der Waals surface area contributed by atoms with Crippen molar-refractivity contribution in [2.45, 2.75) is 320 Å². The van der Waals surface area contributed by atoms with Crippen molar-refractivity contribution in [3.8, 4) is 0 Å². The molecule has 0 aromatic rings. The fourth-order valence-electron chi connectivity index (χ4n) is 9.81. The molecule has 450 valence electrons. The maximum Gasteiger partial charge on any atom is 0.220 e. The van der Waals surface area contributed by atoms with E-state index in [-0.39, 0.29) is 12.5 Å². The highest BCUT2D eigenvalue weighted by Crippen LogP contribution is 2.23. The van der Waals surface area contributed by atoms with Crippen LogP contribution in [-0.4, -0.2) is 87.5 Å². The number of carbonyl (C=O) groups is 1. The average Bonchev–Trinajstić information content (AvgIpc) is 3.45. The first-order valence-corrected chi connectivity index (χ1v) is 32.5. The van der Waals surface area contributed by atoms with Crippen LogP contribution in [0.15, 0.2) is 97.2 Å². The van der Waals surface area contributed by atoms with E-state index in [0.29, 0.717) is 6.42 Å². The van der Waals surface area contributed by atoms with Crippen molar-refractivity contribution in [2.24, 2.45) is 0 Å². The van der Waals surface area contributed by atoms with Crippen LogP contribution in [0.5, 0.6) is 0 Å². The van der Waals surface area contributed by atoms with Crippen molar-refractivity contribution in [3.05, 3.63) is 97.2 Å². The summed E-state index contributed by atoms with van der Waals surface area (Å²) in [5.74, 6) is -0.190. The first-order chi connectivity index (χ1) is 38.3. The van der Waals surface area contributed by atoms with Crippen LogP contribution in [0.3, 0.4) is 0 Å². The van der Waals surface area contributed by atoms with Crippen LogP contribution in [0, 0.1) is 0 Å². The number of nitrogens with one attached hydrogen (secondary N) is 1. The average molecular weight is 1090 g/mol. The number of hydrogen-bond donors (Lipinski definition) is 6. The Bertz CT molecular complexity index is 1550. The number of hydrogen-bond acceptors (Lipinski definition) is 8. The Balaban J connectivity index is 2.15. The molecule has 6 N–H and O–H groups in total. The largest absolute Gasteiger partial charge is 0.394 e. The lowest BCUT2D eigenvalue weighted by Gasteiger charge is -2.40. The molecule has 0 bridgehead atoms. The van der Waals surface area contributed by atoms with Gasteiger partial charge in [0.25, 0.3) is 0 Å². The molecule has 0 spiro atoms. The number of allylic oxidation sites excluding steroid dienone is 15. The van der Waals surface area contributed by atoms with Gasteiger partial charge in [-0.1, -0.05) is 278 Å². The van der Waals surface area contributed by atoms with E-state index in [0.717, 1.165) is 77.0 Å². The number of rotatable bonds is 55. The smallest absolute Gasteiger partial charge is 0.220 e. The van der Waals surface area contributed by atoms with Crippen molar-refractivity contribution < 1.29 is 39.8 Å². The third kappa shape index (κ3) is 45.8. The molecule has 78 heavy (non-hydrogen) atoms. The van der Waals surface area contributed by atoms with Gasteiger partial charge in [0.15, 0.2) is 6.29 Å². The Kier molecular flexibility index (Phi) is 53.8. The van der Waals surface area contributed by atoms with Crippen LogP contribution in [0.25, 0.3) is 0 Å². The highest BCUT2D eigenvalue weighted by molar-refractivity contribution is 5.76. The Morgan fingerprint density at radius 2 is 0.808 bits per heavy atom. The Morgan fingerprint density at radius 3 is 1.23 bits per heavy atom. The summed E-state index contributed by atoms with van der Waals surface area (Å²) in [5.41, 5.74) is 0. The lowest BCUT2D eigenvalue weighted by Crippen LogP contribution is -2.60. The fraction of sp³-hybridized carbons (Fsp3) is 0.754. The van der Waals surface area contributed by atoms with Gasteiger partial charge in [0.05, 0.1) is 25.4 Å². The topological polar surface area (TPSA) is 149 Å². The summed E-state index contributed by atoms with van der Waals surface area (Å²) in [4.78, 5) is 13.1. The highest BCUT2D eigenvalue weighted by atomic mass is 16.7. The molecule has 1 fully saturated rings. The number of amides is 1. The summed E-state index contributed by atoms with van der Waals surface area (Å²) in [6.07, 6.45) is 76.4. The van der Waals surface area contributed by atoms with Gasteiger partial charge in [-0.2, -0.15) is 0 Å². The van der Waals surface area contributed by atoms with Gasteiger partial charge in [-0.25, -0.2) is 0 Å². The zero-order valence-electron chi connectivity index (χ0n) is 50.1. The van der Waals surface area contributed by atoms with Gasteiger partial charge in [-0.05, 0) is 89.9 Å². The van der Waals surface area contributed by atoms with Gasteiger partial charge in [0.1, 0.15) is 24.4 Å². The molecule has 9 nitrogen and oxygen atoms in total. The summed E-state index contributed by atoms with van der Waals surface area (Å²) in [6.45, 7) is 3.66. The molecule has 7 atom stereocenters. The number of aliphatic hydroxyl groups excluding tert-OH is 5. The monoisotopic (exact) mass is 1090 g/mol. The molecule has 1 saturated heterocycles. The van der Waals surface area contributed by atoms with Gasteiger partial charge >= 0.3 is 0 Å². The molecule has 0 saturated carbocycles. The first kappa shape index (κ1) is 73.1. The third-order valence-electron chi connectivity index (χ3n) is 14.9. The van der Waals surface area contributed by atoms with E-state index in [9.17, 15) is 30.3 Å². The van der Waals surface area contributed by atoms with Crippen LogP contribution < -0.4 is 5.32 Å². The molecule has 1 amide bonds. The minimum atomic E-state index is -1.58. The van der Waals surface area contributed by atoms with E-state index in [1.54, 1.807) is 6.08 Å². The summed E-state index contributed by atoms with van der Waals surface area (Å²) in [6, 6.07) is -0.832. The van der Waals surface area contributed by atoms with Crippen LogP contribution >= 0.6 is 0 Å². The molecular formula is C69H121NO8. The van der Waals surface area contributed by atoms with Gasteiger partial charge < -0.3 is 40.3 Å². The van der Waals surface area contributed by atoms with Crippen molar-refractivity contribution in [1.29, 1.82) is 0 Å². The van der Waals surface area contributed by atoms with E-state index in [1.165, 1.54) is 180 Å². The number of ether oxygens (including phenoxy) is 2. The number of aliphatic hydroxyl groups is 5. The second-order valence-electron chi connectivity index (χ2n) is 22.2. The van der Waals surface area contributed by atoms with Crippen LogP contribution in [0.1, 0.15) is 277 Å². The highest BCUT2D eigenvalue weighted by Gasteiger charge is 2.44. The van der Waals surface area contributed by atoms with E-state index in [2.05, 4.69) is 104 Å². The van der Waals surface area contributed by atoms with Crippen LogP contribution in [0.2, 0.25) is 0 Å². The number of unbranched alkanes of at least 4 members (excludes halogenated alkanes) is 31. The molecule has 7 unspecified atom stereocenters. The minimum absolute atomic E-state index is 0.190. The third-order valence-corrected chi connectivity index (χ3v) is 14.9. The zero-order valence-corrected chi connectivity index (χ0v) is 50.1. The van der Waals surface area contributed by atoms with Crippen molar-refractivity contribution in [2.75, 3.05) is 13.2 Å². The Morgan fingerprint density at radius 1 is 0.449 bits per heavy atom. The molecule has 0 aromatic heterocycles. The minimum Gasteiger partial charge on any atom is -0.394 e. The van der Waals surface area contributed by atoms with Gasteiger partial charge in [0.2, 0.25) is 5.91 Å². The van der Waals surface area contributed by atoms with Gasteiger partial charge in [-0.15, -0.1) is 0 Å². The van der Waals surface area contributed by atoms with Crippen molar-refractivity contribution in [1.82, 2.24) is 5.32 Å². The molecule has 1 aliphatic rings. The normalized spacial score (nSPS) is 19.3. The SMILES string of the molecule is CC/C=C\C/C=C\C/C=C\C/C=C\C/C=C\CCCCCCCCCCCCCCCCCCCCCC(=O)NC(COC1OC(CO)C(O)C(O)C1O)C(O)/C=C/CC/C=C/CC/C=C/CCCCCCCCCCCC. The second-order valence-corrected chi connectivity index (χ2v) is 22.2. The molecular weight excluding hydrogens is 971 g/mol. The zero-order chi connectivity index (χ0) is 56.5. The quantitative estimate of drug-likeness (QED) is 0.0261. The standard InChI is InChI=1S/C69H121NO8/c1-3-5-7-9-11-13-15-17-19-21-23-25-26-27-28-29-30-31-32-33-34-35-36-37-38-39-41-43-45-47-49-51-53-55-57-59-65(73)70-62(61-77-69-68(76)67(75)66(74)64(60-71)78-69)63(72)58-56-54-52-50-48-46-44-42-40-24-22-20-18-16-14-12-10-8-6-4-2/h5,7,11,13,17,19,23,25,27-28,40,42,48,50,56,58,62-64,66-69,71-72,74-76H,3-4,6,8-10,12,14-16,18,20-22,24,26,29-39,41,43-47,49,51-55,57,59-61H2,1-2H3,(H,70,73)/b7-5-,13-11-,19-17-,25-23-,28-27-,42-40+,50-48+,58-56+. The maximum atomic E-state index is 13.1. The predicted octanol–water partition coefficient (Wildman–Crippen LogP) is 17.1. The van der Waals surface area contributed by atoms with E-state index < -0.39 is 49.5 Å². The van der Waals surface area contributed by atoms with Crippen LogP contribution in [0.4, 0.5) is 0 Å². The summed E-state index contributed by atoms with van der Waals surface area (Å²) >= 11 is 0. The Hall–Kier alpha value is -2.89.